The first kappa shape index (κ1) is 23.9. The van der Waals surface area contributed by atoms with Crippen LogP contribution in [0.3, 0.4) is 0 Å². The quantitative estimate of drug-likeness (QED) is 0.233. The summed E-state index contributed by atoms with van der Waals surface area (Å²) in [6, 6.07) is 32.4. The molecule has 0 fully saturated rings. The molecule has 3 aromatic carbocycles. The van der Waals surface area contributed by atoms with Gasteiger partial charge in [0.2, 0.25) is 0 Å². The zero-order chi connectivity index (χ0) is 25.9. The molecule has 0 aliphatic heterocycles. The van der Waals surface area contributed by atoms with Gasteiger partial charge < -0.3 is 5.73 Å². The molecular formula is C29H21N7S2. The van der Waals surface area contributed by atoms with Crippen LogP contribution in [0.1, 0.15) is 5.56 Å². The Balaban J connectivity index is 1.58. The van der Waals surface area contributed by atoms with Crippen molar-refractivity contribution in [2.45, 2.75) is 11.7 Å². The molecule has 2 N–H and O–H groups in total. The number of hydrogen-bond acceptors (Lipinski definition) is 8. The van der Waals surface area contributed by atoms with Crippen LogP contribution >= 0.6 is 23.1 Å². The van der Waals surface area contributed by atoms with Crippen molar-refractivity contribution in [2.75, 3.05) is 11.5 Å². The molecule has 0 bridgehead atoms. The Morgan fingerprint density at radius 3 is 2.16 bits per heavy atom. The van der Waals surface area contributed by atoms with Gasteiger partial charge in [0, 0.05) is 16.5 Å². The van der Waals surface area contributed by atoms with Crippen molar-refractivity contribution < 1.29 is 0 Å². The number of thioether (sulfide) groups is 1. The molecule has 0 saturated heterocycles. The first-order chi connectivity index (χ1) is 18.7. The van der Waals surface area contributed by atoms with Crippen LogP contribution in [0.5, 0.6) is 0 Å². The molecule has 7 nitrogen and oxygen atoms in total. The Kier molecular flexibility index (Phi) is 6.56. The smallest absolute Gasteiger partial charge is 0.192 e. The summed E-state index contributed by atoms with van der Waals surface area (Å²) < 4.78 is 2.02. The number of thiophene rings is 1. The fourth-order valence-electron chi connectivity index (χ4n) is 4.43. The summed E-state index contributed by atoms with van der Waals surface area (Å²) in [7, 11) is 0. The second kappa shape index (κ2) is 10.5. The maximum absolute atomic E-state index is 9.17. The second-order valence-corrected chi connectivity index (χ2v) is 10.4. The van der Waals surface area contributed by atoms with Gasteiger partial charge in [0.25, 0.3) is 0 Å². The van der Waals surface area contributed by atoms with E-state index in [2.05, 4.69) is 50.7 Å². The van der Waals surface area contributed by atoms with Crippen LogP contribution in [0, 0.1) is 11.3 Å². The highest BCUT2D eigenvalue weighted by Crippen LogP contribution is 2.46. The maximum atomic E-state index is 9.17. The Morgan fingerprint density at radius 2 is 1.47 bits per heavy atom. The fourth-order valence-corrected chi connectivity index (χ4v) is 6.07. The molecule has 0 spiro atoms. The van der Waals surface area contributed by atoms with Gasteiger partial charge in [0.15, 0.2) is 11.0 Å². The standard InChI is InChI=1S/C29H21N7S2/c30-16-17-37-29-35-33-27(36(29)18-19-10-4-1-5-11-19)26-24(31)23-22(20-12-6-2-7-13-20)25(32-34-28(23)38-26)21-14-8-3-9-15-21/h1-15H,17-18,31H2. The number of rotatable bonds is 7. The molecule has 0 amide bonds. The van der Waals surface area contributed by atoms with E-state index < -0.39 is 0 Å². The maximum Gasteiger partial charge on any atom is 0.192 e. The van der Waals surface area contributed by atoms with Crippen molar-refractivity contribution in [3.63, 3.8) is 0 Å². The van der Waals surface area contributed by atoms with Gasteiger partial charge in [0.05, 0.1) is 28.9 Å². The number of nitrogens with zero attached hydrogens (tertiary/aromatic N) is 6. The third kappa shape index (κ3) is 4.41. The van der Waals surface area contributed by atoms with E-state index in [1.807, 2.05) is 71.3 Å². The van der Waals surface area contributed by atoms with Crippen molar-refractivity contribution >= 4 is 39.0 Å². The van der Waals surface area contributed by atoms with Crippen LogP contribution in [0.2, 0.25) is 0 Å². The zero-order valence-electron chi connectivity index (χ0n) is 20.2. The molecule has 38 heavy (non-hydrogen) atoms. The van der Waals surface area contributed by atoms with Crippen molar-refractivity contribution in [1.29, 1.82) is 5.26 Å². The molecular weight excluding hydrogens is 511 g/mol. The van der Waals surface area contributed by atoms with Gasteiger partial charge in [-0.1, -0.05) is 103 Å². The molecule has 3 aromatic heterocycles. The van der Waals surface area contributed by atoms with Gasteiger partial charge in [-0.15, -0.1) is 31.7 Å². The fraction of sp³-hybridized carbons (Fsp3) is 0.0690. The lowest BCUT2D eigenvalue weighted by atomic mass is 9.96. The first-order valence-electron chi connectivity index (χ1n) is 11.9. The average molecular weight is 532 g/mol. The molecule has 3 heterocycles. The summed E-state index contributed by atoms with van der Waals surface area (Å²) in [5, 5.41) is 28.9. The van der Waals surface area contributed by atoms with Crippen LogP contribution in [-0.4, -0.2) is 30.7 Å². The van der Waals surface area contributed by atoms with Crippen LogP contribution in [0.4, 0.5) is 5.69 Å². The van der Waals surface area contributed by atoms with Gasteiger partial charge in [-0.05, 0) is 11.1 Å². The lowest BCUT2D eigenvalue weighted by molar-refractivity contribution is 0.716. The second-order valence-electron chi connectivity index (χ2n) is 8.51. The highest BCUT2D eigenvalue weighted by atomic mass is 32.2. The monoisotopic (exact) mass is 531 g/mol. The largest absolute Gasteiger partial charge is 0.397 e. The van der Waals surface area contributed by atoms with E-state index in [9.17, 15) is 0 Å². The summed E-state index contributed by atoms with van der Waals surface area (Å²) >= 11 is 2.81. The molecule has 0 unspecified atom stereocenters. The van der Waals surface area contributed by atoms with Crippen LogP contribution in [-0.2, 0) is 6.54 Å². The molecule has 0 aliphatic carbocycles. The average Bonchev–Trinajstić information content (AvgIpc) is 3.52. The lowest BCUT2D eigenvalue weighted by Gasteiger charge is -2.11. The van der Waals surface area contributed by atoms with Gasteiger partial charge in [-0.25, -0.2) is 0 Å². The summed E-state index contributed by atoms with van der Waals surface area (Å²) in [6.45, 7) is 0.553. The number of nitrogen functional groups attached to an aromatic ring is 1. The Morgan fingerprint density at radius 1 is 0.816 bits per heavy atom. The molecule has 9 heteroatoms. The minimum absolute atomic E-state index is 0.277. The number of hydrogen-bond donors (Lipinski definition) is 1. The molecule has 6 rings (SSSR count). The predicted octanol–water partition coefficient (Wildman–Crippen LogP) is 6.53. The minimum atomic E-state index is 0.277. The van der Waals surface area contributed by atoms with Crippen molar-refractivity contribution in [3.05, 3.63) is 96.6 Å². The van der Waals surface area contributed by atoms with Crippen molar-refractivity contribution in [1.82, 2.24) is 25.0 Å². The van der Waals surface area contributed by atoms with E-state index in [4.69, 9.17) is 11.0 Å². The molecule has 0 saturated carbocycles. The summed E-state index contributed by atoms with van der Waals surface area (Å²) in [4.78, 5) is 1.51. The number of fused-ring (bicyclic) bond motifs is 1. The SMILES string of the molecule is N#CCSc1nnc(-c2sc3nnc(-c4ccccc4)c(-c4ccccc4)c3c2N)n1Cc1ccccc1. The van der Waals surface area contributed by atoms with E-state index in [1.54, 1.807) is 0 Å². The number of nitrogens with two attached hydrogens (primary N) is 1. The Hall–Kier alpha value is -4.52. The number of nitriles is 1. The number of benzene rings is 3. The van der Waals surface area contributed by atoms with E-state index in [0.29, 0.717) is 23.2 Å². The zero-order valence-corrected chi connectivity index (χ0v) is 21.8. The molecule has 184 valence electrons. The van der Waals surface area contributed by atoms with Crippen LogP contribution in [0.15, 0.2) is 96.2 Å². The van der Waals surface area contributed by atoms with Gasteiger partial charge >= 0.3 is 0 Å². The Labute approximate surface area is 227 Å². The normalized spacial score (nSPS) is 11.0. The van der Waals surface area contributed by atoms with E-state index in [0.717, 1.165) is 43.0 Å². The molecule has 6 aromatic rings. The summed E-state index contributed by atoms with van der Waals surface area (Å²) in [5.41, 5.74) is 12.3. The van der Waals surface area contributed by atoms with Crippen molar-refractivity contribution in [3.8, 4) is 39.2 Å². The van der Waals surface area contributed by atoms with E-state index >= 15 is 0 Å². The number of anilines is 1. The Bertz CT molecular complexity index is 1760. The van der Waals surface area contributed by atoms with Gasteiger partial charge in [0.1, 0.15) is 10.5 Å². The van der Waals surface area contributed by atoms with E-state index in [1.165, 1.54) is 23.1 Å². The lowest BCUT2D eigenvalue weighted by Crippen LogP contribution is -2.04. The van der Waals surface area contributed by atoms with Crippen LogP contribution in [0.25, 0.3) is 43.3 Å². The van der Waals surface area contributed by atoms with Gasteiger partial charge in [-0.3, -0.25) is 4.57 Å². The summed E-state index contributed by atoms with van der Waals surface area (Å²) in [5.74, 6) is 0.925. The van der Waals surface area contributed by atoms with Gasteiger partial charge in [-0.2, -0.15) is 5.26 Å². The third-order valence-corrected chi connectivity index (χ3v) is 8.05. The topological polar surface area (TPSA) is 106 Å². The van der Waals surface area contributed by atoms with Crippen molar-refractivity contribution in [2.24, 2.45) is 0 Å². The molecule has 0 radical (unpaired) electrons. The number of aromatic nitrogens is 5. The summed E-state index contributed by atoms with van der Waals surface area (Å²) in [6.07, 6.45) is 0. The molecule has 0 aliphatic rings. The first-order valence-corrected chi connectivity index (χ1v) is 13.7. The minimum Gasteiger partial charge on any atom is -0.397 e. The highest BCUT2D eigenvalue weighted by Gasteiger charge is 2.25. The third-order valence-electron chi connectivity index (χ3n) is 6.13. The molecule has 0 atom stereocenters. The highest BCUT2D eigenvalue weighted by molar-refractivity contribution is 7.99. The van der Waals surface area contributed by atoms with Crippen LogP contribution < -0.4 is 5.73 Å². The van der Waals surface area contributed by atoms with E-state index in [-0.39, 0.29) is 5.75 Å². The predicted molar refractivity (Wildman–Crippen MR) is 154 cm³/mol.